The fraction of sp³-hybridized carbons (Fsp3) is 0.192. The van der Waals surface area contributed by atoms with E-state index in [4.69, 9.17) is 19.4 Å². The normalized spacial score (nSPS) is 11.2. The molecule has 3 aromatic heterocycles. The Morgan fingerprint density at radius 3 is 2.42 bits per heavy atom. The Morgan fingerprint density at radius 2 is 1.70 bits per heavy atom. The molecular formula is C26H25N5OS. The van der Waals surface area contributed by atoms with Crippen molar-refractivity contribution >= 4 is 28.7 Å². The second-order valence-electron chi connectivity index (χ2n) is 7.58. The Kier molecular flexibility index (Phi) is 6.39. The molecule has 1 N–H and O–H groups in total. The number of para-hydroxylation sites is 1. The lowest BCUT2D eigenvalue weighted by molar-refractivity contribution is 0.576. The first-order valence-electron chi connectivity index (χ1n) is 11.1. The lowest BCUT2D eigenvalue weighted by atomic mass is 10.1. The van der Waals surface area contributed by atoms with E-state index in [-0.39, 0.29) is 0 Å². The van der Waals surface area contributed by atoms with E-state index in [1.807, 2.05) is 34.9 Å². The van der Waals surface area contributed by atoms with Gasteiger partial charge in [0.15, 0.2) is 33.7 Å². The molecule has 2 aromatic carbocycles. The Hall–Kier alpha value is -3.58. The van der Waals surface area contributed by atoms with Gasteiger partial charge in [0, 0.05) is 18.0 Å². The minimum Gasteiger partial charge on any atom is -0.461 e. The number of nitrogens with zero attached hydrogens (tertiary/aromatic N) is 4. The van der Waals surface area contributed by atoms with Crippen molar-refractivity contribution in [1.82, 2.24) is 19.5 Å². The Bertz CT molecular complexity index is 1320. The molecule has 33 heavy (non-hydrogen) atoms. The van der Waals surface area contributed by atoms with Gasteiger partial charge in [-0.05, 0) is 49.6 Å². The second kappa shape index (κ2) is 9.92. The summed E-state index contributed by atoms with van der Waals surface area (Å²) in [5, 5.41) is 4.12. The number of anilines is 1. The van der Waals surface area contributed by atoms with Crippen molar-refractivity contribution in [3.8, 4) is 17.3 Å². The minimum atomic E-state index is 0.691. The van der Waals surface area contributed by atoms with E-state index in [9.17, 15) is 0 Å². The highest BCUT2D eigenvalue weighted by molar-refractivity contribution is 7.99. The molecule has 0 amide bonds. The Labute approximate surface area is 197 Å². The smallest absolute Gasteiger partial charge is 0.191 e. The van der Waals surface area contributed by atoms with E-state index >= 15 is 0 Å². The molecule has 0 saturated heterocycles. The maximum atomic E-state index is 5.71. The van der Waals surface area contributed by atoms with E-state index in [0.29, 0.717) is 11.6 Å². The van der Waals surface area contributed by atoms with Gasteiger partial charge >= 0.3 is 0 Å². The quantitative estimate of drug-likeness (QED) is 0.161. The van der Waals surface area contributed by atoms with Crippen molar-refractivity contribution < 1.29 is 4.42 Å². The number of thioether (sulfide) groups is 1. The first-order valence-corrected chi connectivity index (χ1v) is 12.1. The molecule has 5 aromatic rings. The molecule has 0 radical (unpaired) electrons. The van der Waals surface area contributed by atoms with Gasteiger partial charge in [-0.1, -0.05) is 60.3 Å². The highest BCUT2D eigenvalue weighted by Gasteiger charge is 2.21. The first kappa shape index (κ1) is 21.3. The molecular weight excluding hydrogens is 430 g/mol. The number of fused-ring (bicyclic) bond motifs is 1. The standard InChI is InChI=1S/C26H25N5OS/c1-2-27-23-22-25(30-26(29-23)33-18-10-13-19-11-5-3-6-12-19)31(20-14-7-4-8-15-20)24(28-22)21-16-9-17-32-21/h3-9,11-12,14-17H,2,10,13,18H2,1H3,(H,27,29,30). The number of hydrogen-bond donors (Lipinski definition) is 1. The molecule has 7 heteroatoms. The van der Waals surface area contributed by atoms with Crippen LogP contribution in [-0.4, -0.2) is 31.8 Å². The fourth-order valence-electron chi connectivity index (χ4n) is 3.77. The summed E-state index contributed by atoms with van der Waals surface area (Å²) in [7, 11) is 0. The van der Waals surface area contributed by atoms with Crippen molar-refractivity contribution in [2.75, 3.05) is 17.6 Å². The van der Waals surface area contributed by atoms with Crippen molar-refractivity contribution in [1.29, 1.82) is 0 Å². The number of furan rings is 1. The van der Waals surface area contributed by atoms with E-state index in [0.717, 1.165) is 53.0 Å². The number of imidazole rings is 1. The van der Waals surface area contributed by atoms with Crippen LogP contribution in [0.2, 0.25) is 0 Å². The lowest BCUT2D eigenvalue weighted by Gasteiger charge is -2.09. The van der Waals surface area contributed by atoms with E-state index < -0.39 is 0 Å². The number of aromatic nitrogens is 4. The topological polar surface area (TPSA) is 68.8 Å². The van der Waals surface area contributed by atoms with Crippen LogP contribution in [0.3, 0.4) is 0 Å². The summed E-state index contributed by atoms with van der Waals surface area (Å²) in [5.74, 6) is 3.09. The van der Waals surface area contributed by atoms with Crippen LogP contribution in [0, 0.1) is 0 Å². The fourth-order valence-corrected chi connectivity index (χ4v) is 4.55. The van der Waals surface area contributed by atoms with Crippen molar-refractivity contribution in [2.45, 2.75) is 24.9 Å². The third-order valence-electron chi connectivity index (χ3n) is 5.27. The van der Waals surface area contributed by atoms with Crippen LogP contribution in [0.4, 0.5) is 5.82 Å². The zero-order valence-electron chi connectivity index (χ0n) is 18.4. The van der Waals surface area contributed by atoms with E-state index in [2.05, 4.69) is 54.7 Å². The lowest BCUT2D eigenvalue weighted by Crippen LogP contribution is -2.04. The molecule has 0 fully saturated rings. The molecule has 0 aliphatic rings. The number of benzene rings is 2. The molecule has 3 heterocycles. The molecule has 0 atom stereocenters. The zero-order valence-corrected chi connectivity index (χ0v) is 19.3. The van der Waals surface area contributed by atoms with Gasteiger partial charge in [0.25, 0.3) is 0 Å². The third-order valence-corrected chi connectivity index (χ3v) is 6.20. The minimum absolute atomic E-state index is 0.691. The number of rotatable bonds is 9. The number of hydrogen-bond acceptors (Lipinski definition) is 6. The highest BCUT2D eigenvalue weighted by atomic mass is 32.2. The molecule has 166 valence electrons. The maximum absolute atomic E-state index is 5.71. The van der Waals surface area contributed by atoms with Gasteiger partial charge in [-0.25, -0.2) is 15.0 Å². The van der Waals surface area contributed by atoms with Gasteiger partial charge in [0.1, 0.15) is 0 Å². The molecule has 6 nitrogen and oxygen atoms in total. The summed E-state index contributed by atoms with van der Waals surface area (Å²) < 4.78 is 7.75. The van der Waals surface area contributed by atoms with Crippen LogP contribution in [0.1, 0.15) is 18.9 Å². The summed E-state index contributed by atoms with van der Waals surface area (Å²) in [5.41, 5.74) is 3.84. The van der Waals surface area contributed by atoms with Gasteiger partial charge in [-0.3, -0.25) is 4.57 Å². The van der Waals surface area contributed by atoms with Gasteiger partial charge in [-0.15, -0.1) is 0 Å². The van der Waals surface area contributed by atoms with Gasteiger partial charge in [0.2, 0.25) is 0 Å². The molecule has 5 rings (SSSR count). The largest absolute Gasteiger partial charge is 0.461 e. The molecule has 0 spiro atoms. The summed E-state index contributed by atoms with van der Waals surface area (Å²) >= 11 is 1.68. The van der Waals surface area contributed by atoms with Gasteiger partial charge in [0.05, 0.1) is 6.26 Å². The second-order valence-corrected chi connectivity index (χ2v) is 8.64. The van der Waals surface area contributed by atoms with Crippen molar-refractivity contribution in [2.24, 2.45) is 0 Å². The zero-order chi connectivity index (χ0) is 22.5. The predicted octanol–water partition coefficient (Wildman–Crippen LogP) is 6.23. The average molecular weight is 456 g/mol. The number of nitrogens with one attached hydrogen (secondary N) is 1. The molecule has 0 saturated carbocycles. The number of aryl methyl sites for hydroxylation is 1. The predicted molar refractivity (Wildman–Crippen MR) is 134 cm³/mol. The summed E-state index contributed by atoms with van der Waals surface area (Å²) in [4.78, 5) is 14.6. The van der Waals surface area contributed by atoms with Crippen LogP contribution in [0.15, 0.2) is 88.6 Å². The molecule has 0 aliphatic heterocycles. The molecule has 0 unspecified atom stereocenters. The molecule has 0 bridgehead atoms. The van der Waals surface area contributed by atoms with Gasteiger partial charge in [-0.2, -0.15) is 0 Å². The van der Waals surface area contributed by atoms with Crippen molar-refractivity contribution in [3.63, 3.8) is 0 Å². The van der Waals surface area contributed by atoms with Crippen molar-refractivity contribution in [3.05, 3.63) is 84.6 Å². The Balaban J connectivity index is 1.52. The monoisotopic (exact) mass is 455 g/mol. The SMILES string of the molecule is CCNc1nc(SCCCc2ccccc2)nc2c1nc(-c1ccco1)n2-c1ccccc1. The third kappa shape index (κ3) is 4.64. The van der Waals surface area contributed by atoms with Gasteiger partial charge < -0.3 is 9.73 Å². The van der Waals surface area contributed by atoms with E-state index in [1.54, 1.807) is 18.0 Å². The summed E-state index contributed by atoms with van der Waals surface area (Å²) in [6, 6.07) is 24.5. The van der Waals surface area contributed by atoms with Crippen LogP contribution >= 0.6 is 11.8 Å². The maximum Gasteiger partial charge on any atom is 0.191 e. The van der Waals surface area contributed by atoms with Crippen LogP contribution in [0.25, 0.3) is 28.4 Å². The first-order chi connectivity index (χ1) is 16.3. The van der Waals surface area contributed by atoms with E-state index in [1.165, 1.54) is 5.56 Å². The van der Waals surface area contributed by atoms with Crippen LogP contribution < -0.4 is 5.32 Å². The van der Waals surface area contributed by atoms with Crippen LogP contribution in [-0.2, 0) is 6.42 Å². The Morgan fingerprint density at radius 1 is 0.909 bits per heavy atom. The molecule has 0 aliphatic carbocycles. The highest BCUT2D eigenvalue weighted by Crippen LogP contribution is 2.32. The average Bonchev–Trinajstić information content (AvgIpc) is 3.51. The summed E-state index contributed by atoms with van der Waals surface area (Å²) in [6.07, 6.45) is 3.76. The summed E-state index contributed by atoms with van der Waals surface area (Å²) in [6.45, 7) is 2.81. The van der Waals surface area contributed by atoms with Crippen LogP contribution in [0.5, 0.6) is 0 Å².